The average Bonchev–Trinajstić information content (AvgIpc) is 3.03. The van der Waals surface area contributed by atoms with Crippen LogP contribution in [0.3, 0.4) is 0 Å². The van der Waals surface area contributed by atoms with E-state index in [2.05, 4.69) is 5.32 Å². The van der Waals surface area contributed by atoms with E-state index in [1.807, 2.05) is 36.4 Å². The summed E-state index contributed by atoms with van der Waals surface area (Å²) in [5, 5.41) is 2.21. The number of ether oxygens (including phenoxy) is 1. The highest BCUT2D eigenvalue weighted by molar-refractivity contribution is 8.18. The zero-order valence-corrected chi connectivity index (χ0v) is 18.6. The summed E-state index contributed by atoms with van der Waals surface area (Å²) in [5.74, 6) is -1.75. The van der Waals surface area contributed by atoms with Crippen molar-refractivity contribution in [3.8, 4) is 0 Å². The fourth-order valence-electron chi connectivity index (χ4n) is 2.77. The Morgan fingerprint density at radius 1 is 1.16 bits per heavy atom. The molecular weight excluding hydrogens is 452 g/mol. The molecule has 1 heterocycles. The number of nitrogens with zero attached hydrogens (tertiary/aromatic N) is 1. The second kappa shape index (κ2) is 10.8. The van der Waals surface area contributed by atoms with Crippen LogP contribution in [-0.4, -0.2) is 41.1 Å². The van der Waals surface area contributed by atoms with E-state index in [-0.39, 0.29) is 27.8 Å². The first-order valence-corrected chi connectivity index (χ1v) is 10.8. The number of carbonyl (C=O) groups is 4. The molecule has 0 aliphatic carbocycles. The third kappa shape index (κ3) is 5.87. The Hall–Kier alpha value is -3.36. The van der Waals surface area contributed by atoms with Gasteiger partial charge in [-0.25, -0.2) is 4.79 Å². The molecule has 32 heavy (non-hydrogen) atoms. The largest absolute Gasteiger partial charge is 0.462 e. The lowest BCUT2D eigenvalue weighted by atomic mass is 10.2. The number of amides is 3. The molecule has 1 N–H and O–H groups in total. The molecule has 1 aliphatic heterocycles. The zero-order valence-electron chi connectivity index (χ0n) is 17.0. The Balaban J connectivity index is 1.64. The van der Waals surface area contributed by atoms with Crippen LogP contribution in [-0.2, 0) is 14.3 Å². The number of thioether (sulfide) groups is 1. The number of halogens is 1. The highest BCUT2D eigenvalue weighted by atomic mass is 35.5. The fourth-order valence-corrected chi connectivity index (χ4v) is 3.76. The highest BCUT2D eigenvalue weighted by Crippen LogP contribution is 2.30. The van der Waals surface area contributed by atoms with Crippen molar-refractivity contribution in [1.82, 2.24) is 4.90 Å². The van der Waals surface area contributed by atoms with Gasteiger partial charge in [0.05, 0.1) is 22.1 Å². The number of carbonyl (C=O) groups excluding carboxylic acids is 4. The Labute approximate surface area is 194 Å². The number of anilines is 1. The summed E-state index contributed by atoms with van der Waals surface area (Å²) in [7, 11) is 0. The first kappa shape index (κ1) is 23.3. The van der Waals surface area contributed by atoms with Crippen LogP contribution in [0.2, 0.25) is 5.02 Å². The van der Waals surface area contributed by atoms with Gasteiger partial charge in [-0.3, -0.25) is 19.3 Å². The van der Waals surface area contributed by atoms with E-state index in [1.54, 1.807) is 19.1 Å². The highest BCUT2D eigenvalue weighted by Gasteiger charge is 2.36. The summed E-state index contributed by atoms with van der Waals surface area (Å²) in [5.41, 5.74) is 1.34. The van der Waals surface area contributed by atoms with Crippen LogP contribution in [0.25, 0.3) is 6.08 Å². The van der Waals surface area contributed by atoms with Crippen LogP contribution in [0, 0.1) is 0 Å². The summed E-state index contributed by atoms with van der Waals surface area (Å²) < 4.78 is 4.93. The Kier molecular flexibility index (Phi) is 7.86. The van der Waals surface area contributed by atoms with Gasteiger partial charge >= 0.3 is 5.97 Å². The van der Waals surface area contributed by atoms with Gasteiger partial charge < -0.3 is 10.1 Å². The van der Waals surface area contributed by atoms with E-state index in [0.717, 1.165) is 22.2 Å². The lowest BCUT2D eigenvalue weighted by molar-refractivity contribution is -0.127. The minimum absolute atomic E-state index is 0.102. The number of hydrogen-bond donors (Lipinski definition) is 1. The van der Waals surface area contributed by atoms with Crippen molar-refractivity contribution in [2.45, 2.75) is 6.92 Å². The zero-order chi connectivity index (χ0) is 23.1. The van der Waals surface area contributed by atoms with Gasteiger partial charge in [-0.15, -0.1) is 0 Å². The van der Waals surface area contributed by atoms with E-state index in [4.69, 9.17) is 16.3 Å². The molecule has 1 aliphatic rings. The first-order valence-electron chi connectivity index (χ1n) is 9.62. The van der Waals surface area contributed by atoms with Crippen molar-refractivity contribution < 1.29 is 23.9 Å². The number of imide groups is 1. The molecule has 2 aromatic carbocycles. The number of benzene rings is 2. The van der Waals surface area contributed by atoms with E-state index >= 15 is 0 Å². The second-order valence-corrected chi connectivity index (χ2v) is 7.92. The molecule has 0 radical (unpaired) electrons. The lowest BCUT2D eigenvalue weighted by Crippen LogP contribution is -2.36. The summed E-state index contributed by atoms with van der Waals surface area (Å²) in [6.45, 7) is 1.39. The van der Waals surface area contributed by atoms with Crippen molar-refractivity contribution in [3.05, 3.63) is 81.7 Å². The van der Waals surface area contributed by atoms with Gasteiger partial charge in [-0.1, -0.05) is 54.1 Å². The van der Waals surface area contributed by atoms with Gasteiger partial charge in [0.2, 0.25) is 5.91 Å². The summed E-state index contributed by atoms with van der Waals surface area (Å²) in [6.07, 6.45) is 5.03. The monoisotopic (exact) mass is 470 g/mol. The number of esters is 1. The predicted molar refractivity (Wildman–Crippen MR) is 124 cm³/mol. The lowest BCUT2D eigenvalue weighted by Gasteiger charge is -2.13. The van der Waals surface area contributed by atoms with Crippen LogP contribution in [0.1, 0.15) is 22.8 Å². The Bertz CT molecular complexity index is 1110. The summed E-state index contributed by atoms with van der Waals surface area (Å²) >= 11 is 6.78. The van der Waals surface area contributed by atoms with E-state index in [1.165, 1.54) is 18.2 Å². The molecule has 2 aromatic rings. The number of hydrogen-bond acceptors (Lipinski definition) is 6. The van der Waals surface area contributed by atoms with Crippen molar-refractivity contribution in [2.75, 3.05) is 18.5 Å². The van der Waals surface area contributed by atoms with Crippen LogP contribution < -0.4 is 5.32 Å². The predicted octanol–water partition coefficient (Wildman–Crippen LogP) is 4.75. The van der Waals surface area contributed by atoms with Crippen LogP contribution >= 0.6 is 23.4 Å². The average molecular weight is 471 g/mol. The maximum absolute atomic E-state index is 12.5. The van der Waals surface area contributed by atoms with Crippen molar-refractivity contribution in [2.24, 2.45) is 0 Å². The summed E-state index contributed by atoms with van der Waals surface area (Å²) in [4.78, 5) is 50.2. The molecule has 1 fully saturated rings. The van der Waals surface area contributed by atoms with Crippen molar-refractivity contribution in [1.29, 1.82) is 0 Å². The van der Waals surface area contributed by atoms with Crippen molar-refractivity contribution >= 4 is 58.1 Å². The second-order valence-electron chi connectivity index (χ2n) is 6.52. The molecular formula is C23H19ClN2O5S. The number of nitrogens with one attached hydrogen (secondary N) is 1. The molecule has 3 amide bonds. The maximum atomic E-state index is 12.5. The quantitative estimate of drug-likeness (QED) is 0.463. The maximum Gasteiger partial charge on any atom is 0.339 e. The third-order valence-corrected chi connectivity index (χ3v) is 5.51. The van der Waals surface area contributed by atoms with Crippen LogP contribution in [0.5, 0.6) is 0 Å². The SMILES string of the molecule is CCOC(=O)c1cc(NC(=O)CN2C(=O)SC(=CC=Cc3ccccc3)C2=O)ccc1Cl. The fraction of sp³-hybridized carbons (Fsp3) is 0.130. The Morgan fingerprint density at radius 3 is 2.62 bits per heavy atom. The van der Waals surface area contributed by atoms with Crippen LogP contribution in [0.4, 0.5) is 10.5 Å². The van der Waals surface area contributed by atoms with E-state index in [9.17, 15) is 19.2 Å². The van der Waals surface area contributed by atoms with E-state index in [0.29, 0.717) is 0 Å². The minimum atomic E-state index is -0.617. The molecule has 1 saturated heterocycles. The minimum Gasteiger partial charge on any atom is -0.462 e. The molecule has 0 atom stereocenters. The first-order chi connectivity index (χ1) is 15.4. The van der Waals surface area contributed by atoms with Gasteiger partial charge in [0.1, 0.15) is 6.54 Å². The molecule has 9 heteroatoms. The van der Waals surface area contributed by atoms with Gasteiger partial charge in [0.25, 0.3) is 11.1 Å². The molecule has 0 spiro atoms. The molecule has 0 bridgehead atoms. The Morgan fingerprint density at radius 2 is 1.91 bits per heavy atom. The van der Waals surface area contributed by atoms with Gasteiger partial charge in [-0.2, -0.15) is 0 Å². The number of rotatable bonds is 7. The molecule has 0 unspecified atom stereocenters. The molecule has 0 saturated carbocycles. The molecule has 0 aromatic heterocycles. The van der Waals surface area contributed by atoms with E-state index < -0.39 is 29.6 Å². The number of allylic oxidation sites excluding steroid dienone is 2. The molecule has 7 nitrogen and oxygen atoms in total. The molecule has 164 valence electrons. The summed E-state index contributed by atoms with van der Waals surface area (Å²) in [6, 6.07) is 13.8. The third-order valence-electron chi connectivity index (χ3n) is 4.26. The van der Waals surface area contributed by atoms with Gasteiger partial charge in [-0.05, 0) is 48.5 Å². The molecule has 3 rings (SSSR count). The smallest absolute Gasteiger partial charge is 0.339 e. The van der Waals surface area contributed by atoms with Gasteiger partial charge in [0, 0.05) is 5.69 Å². The topological polar surface area (TPSA) is 92.8 Å². The normalized spacial score (nSPS) is 14.9. The van der Waals surface area contributed by atoms with Crippen molar-refractivity contribution in [3.63, 3.8) is 0 Å². The standard InChI is InChI=1S/C23H19ClN2O5S/c1-2-31-22(29)17-13-16(11-12-18(17)24)25-20(27)14-26-21(28)19(32-23(26)30)10-6-9-15-7-4-3-5-8-15/h3-13H,2,14H2,1H3,(H,25,27). The van der Waals surface area contributed by atoms with Crippen LogP contribution in [0.15, 0.2) is 65.6 Å². The van der Waals surface area contributed by atoms with Gasteiger partial charge in [0.15, 0.2) is 0 Å².